The first kappa shape index (κ1) is 15.6. The number of hydrogen-bond donors (Lipinski definition) is 1. The molecule has 0 amide bonds. The van der Waals surface area contributed by atoms with Gasteiger partial charge in [-0.05, 0) is 24.3 Å². The van der Waals surface area contributed by atoms with Gasteiger partial charge in [-0.1, -0.05) is 34.8 Å². The number of ether oxygens (including phenoxy) is 1. The Morgan fingerprint density at radius 1 is 1.14 bits per heavy atom. The molecule has 0 radical (unpaired) electrons. The zero-order valence-electron chi connectivity index (χ0n) is 10.6. The van der Waals surface area contributed by atoms with E-state index < -0.39 is 0 Å². The Morgan fingerprint density at radius 2 is 1.86 bits per heavy atom. The van der Waals surface area contributed by atoms with E-state index in [0.717, 1.165) is 0 Å². The Bertz CT molecular complexity index is 647. The maximum absolute atomic E-state index is 8.61. The molecule has 5 nitrogen and oxygen atoms in total. The number of nitrogens with one attached hydrogen (secondary N) is 1. The Kier molecular flexibility index (Phi) is 5.45. The maximum atomic E-state index is 8.61. The molecule has 0 atom stereocenters. The highest BCUT2D eigenvalue weighted by Crippen LogP contribution is 2.35. The summed E-state index contributed by atoms with van der Waals surface area (Å²) in [7, 11) is 0. The molecule has 21 heavy (non-hydrogen) atoms. The van der Waals surface area contributed by atoms with Gasteiger partial charge in [-0.25, -0.2) is 0 Å². The molecular formula is C13H9Cl3N4O. The summed E-state index contributed by atoms with van der Waals surface area (Å²) in [6.07, 6.45) is 0. The van der Waals surface area contributed by atoms with E-state index in [-0.39, 0.29) is 5.69 Å². The first-order valence-corrected chi connectivity index (χ1v) is 6.98. The molecule has 0 unspecified atom stereocenters. The topological polar surface area (TPSA) is 70.8 Å². The molecule has 1 heterocycles. The Labute approximate surface area is 136 Å². The molecule has 2 rings (SSSR count). The maximum Gasteiger partial charge on any atom is 0.163 e. The van der Waals surface area contributed by atoms with Crippen molar-refractivity contribution in [2.45, 2.75) is 0 Å². The van der Waals surface area contributed by atoms with Gasteiger partial charge in [0.05, 0.1) is 16.6 Å². The predicted molar refractivity (Wildman–Crippen MR) is 82.2 cm³/mol. The van der Waals surface area contributed by atoms with Crippen molar-refractivity contribution < 1.29 is 4.74 Å². The molecule has 2 aromatic rings. The molecule has 0 saturated heterocycles. The summed E-state index contributed by atoms with van der Waals surface area (Å²) < 4.78 is 5.50. The van der Waals surface area contributed by atoms with E-state index >= 15 is 0 Å². The number of rotatable bonds is 5. The van der Waals surface area contributed by atoms with Crippen molar-refractivity contribution in [3.05, 3.63) is 45.0 Å². The van der Waals surface area contributed by atoms with Crippen molar-refractivity contribution >= 4 is 40.6 Å². The highest BCUT2D eigenvalue weighted by atomic mass is 35.5. The average Bonchev–Trinajstić information content (AvgIpc) is 2.46. The summed E-state index contributed by atoms with van der Waals surface area (Å²) in [5, 5.41) is 20.3. The lowest BCUT2D eigenvalue weighted by Gasteiger charge is -2.11. The van der Waals surface area contributed by atoms with E-state index in [2.05, 4.69) is 15.5 Å². The zero-order valence-corrected chi connectivity index (χ0v) is 12.9. The summed E-state index contributed by atoms with van der Waals surface area (Å²) in [6.45, 7) is 0.790. The van der Waals surface area contributed by atoms with Gasteiger partial charge >= 0.3 is 0 Å². The van der Waals surface area contributed by atoms with Crippen molar-refractivity contribution in [3.63, 3.8) is 0 Å². The van der Waals surface area contributed by atoms with Gasteiger partial charge < -0.3 is 10.1 Å². The van der Waals surface area contributed by atoms with Gasteiger partial charge in [0.2, 0.25) is 0 Å². The molecule has 1 aromatic heterocycles. The number of nitriles is 1. The second-order valence-corrected chi connectivity index (χ2v) is 5.14. The molecule has 0 bridgehead atoms. The van der Waals surface area contributed by atoms with E-state index in [1.54, 1.807) is 24.3 Å². The summed E-state index contributed by atoms with van der Waals surface area (Å²) in [5.74, 6) is 0.932. The van der Waals surface area contributed by atoms with Crippen LogP contribution < -0.4 is 10.1 Å². The lowest BCUT2D eigenvalue weighted by molar-refractivity contribution is 0.333. The molecular weight excluding hydrogens is 335 g/mol. The largest absolute Gasteiger partial charge is 0.489 e. The normalized spacial score (nSPS) is 10.0. The summed E-state index contributed by atoms with van der Waals surface area (Å²) >= 11 is 17.8. The quantitative estimate of drug-likeness (QED) is 0.836. The van der Waals surface area contributed by atoms with Crippen LogP contribution in [-0.4, -0.2) is 23.3 Å². The number of anilines is 1. The molecule has 0 spiro atoms. The zero-order chi connectivity index (χ0) is 15.2. The SMILES string of the molecule is N#Cc1ccc(NCCOc2c(Cl)cc(Cl)cc2Cl)nn1. The van der Waals surface area contributed by atoms with Crippen LogP contribution in [0.1, 0.15) is 5.69 Å². The standard InChI is InChI=1S/C13H9Cl3N4O/c14-8-5-10(15)13(11(16)6-8)21-4-3-18-12-2-1-9(7-17)19-20-12/h1-2,5-6H,3-4H2,(H,18,20). The lowest BCUT2D eigenvalue weighted by Crippen LogP contribution is -2.13. The van der Waals surface area contributed by atoms with Crippen LogP contribution in [0.25, 0.3) is 0 Å². The summed E-state index contributed by atoms with van der Waals surface area (Å²) in [5.41, 5.74) is 0.261. The molecule has 108 valence electrons. The molecule has 0 aliphatic rings. The second-order valence-electron chi connectivity index (χ2n) is 3.89. The molecule has 1 N–H and O–H groups in total. The van der Waals surface area contributed by atoms with Gasteiger partial charge in [0.15, 0.2) is 11.4 Å². The molecule has 0 aliphatic heterocycles. The van der Waals surface area contributed by atoms with Gasteiger partial charge in [0, 0.05) is 5.02 Å². The molecule has 0 fully saturated rings. The minimum absolute atomic E-state index is 0.261. The van der Waals surface area contributed by atoms with Crippen molar-refractivity contribution in [2.75, 3.05) is 18.5 Å². The smallest absolute Gasteiger partial charge is 0.163 e. The minimum Gasteiger partial charge on any atom is -0.489 e. The van der Waals surface area contributed by atoms with Crippen LogP contribution in [0.4, 0.5) is 5.82 Å². The van der Waals surface area contributed by atoms with Gasteiger partial charge in [-0.2, -0.15) is 5.26 Å². The van der Waals surface area contributed by atoms with Gasteiger partial charge in [-0.3, -0.25) is 0 Å². The van der Waals surface area contributed by atoms with Crippen molar-refractivity contribution in [1.82, 2.24) is 10.2 Å². The number of hydrogen-bond acceptors (Lipinski definition) is 5. The van der Waals surface area contributed by atoms with Crippen LogP contribution >= 0.6 is 34.8 Å². The van der Waals surface area contributed by atoms with Crippen LogP contribution in [0.2, 0.25) is 15.1 Å². The van der Waals surface area contributed by atoms with Gasteiger partial charge in [-0.15, -0.1) is 10.2 Å². The molecule has 1 aromatic carbocycles. The van der Waals surface area contributed by atoms with Crippen molar-refractivity contribution in [1.29, 1.82) is 5.26 Å². The molecule has 0 saturated carbocycles. The Hall–Kier alpha value is -1.74. The summed E-state index contributed by atoms with van der Waals surface area (Å²) in [4.78, 5) is 0. The number of benzene rings is 1. The number of nitrogens with zero attached hydrogens (tertiary/aromatic N) is 3. The average molecular weight is 344 g/mol. The van der Waals surface area contributed by atoms with Crippen LogP contribution in [0.5, 0.6) is 5.75 Å². The Balaban J connectivity index is 1.86. The monoisotopic (exact) mass is 342 g/mol. The molecule has 0 aliphatic carbocycles. The third kappa shape index (κ3) is 4.36. The van der Waals surface area contributed by atoms with E-state index in [4.69, 9.17) is 44.8 Å². The fourth-order valence-electron chi connectivity index (χ4n) is 1.49. The van der Waals surface area contributed by atoms with E-state index in [1.165, 1.54) is 0 Å². The minimum atomic E-state index is 0.261. The number of halogens is 3. The van der Waals surface area contributed by atoms with Gasteiger partial charge in [0.1, 0.15) is 18.5 Å². The van der Waals surface area contributed by atoms with Crippen molar-refractivity contribution in [3.8, 4) is 11.8 Å². The van der Waals surface area contributed by atoms with E-state index in [0.29, 0.717) is 39.8 Å². The highest BCUT2D eigenvalue weighted by Gasteiger charge is 2.08. The van der Waals surface area contributed by atoms with Crippen molar-refractivity contribution in [2.24, 2.45) is 0 Å². The second kappa shape index (κ2) is 7.32. The fourth-order valence-corrected chi connectivity index (χ4v) is 2.41. The third-order valence-electron chi connectivity index (χ3n) is 2.40. The van der Waals surface area contributed by atoms with Crippen LogP contribution in [-0.2, 0) is 0 Å². The first-order chi connectivity index (χ1) is 10.1. The van der Waals surface area contributed by atoms with Gasteiger partial charge in [0.25, 0.3) is 0 Å². The first-order valence-electron chi connectivity index (χ1n) is 5.85. The van der Waals surface area contributed by atoms with Crippen LogP contribution in [0.15, 0.2) is 24.3 Å². The van der Waals surface area contributed by atoms with E-state index in [9.17, 15) is 0 Å². The Morgan fingerprint density at radius 3 is 2.43 bits per heavy atom. The third-order valence-corrected chi connectivity index (χ3v) is 3.18. The molecule has 8 heteroatoms. The fraction of sp³-hybridized carbons (Fsp3) is 0.154. The lowest BCUT2D eigenvalue weighted by atomic mass is 10.3. The number of aromatic nitrogens is 2. The van der Waals surface area contributed by atoms with Crippen LogP contribution in [0, 0.1) is 11.3 Å². The highest BCUT2D eigenvalue weighted by molar-refractivity contribution is 6.40. The van der Waals surface area contributed by atoms with Crippen LogP contribution in [0.3, 0.4) is 0 Å². The summed E-state index contributed by atoms with van der Waals surface area (Å²) in [6, 6.07) is 8.25. The van der Waals surface area contributed by atoms with E-state index in [1.807, 2.05) is 6.07 Å². The predicted octanol–water partition coefficient (Wildman–Crippen LogP) is 3.80.